The van der Waals surface area contributed by atoms with Gasteiger partial charge in [0.25, 0.3) is 0 Å². The highest BCUT2D eigenvalue weighted by Gasteiger charge is 2.45. The lowest BCUT2D eigenvalue weighted by Gasteiger charge is -2.31. The van der Waals surface area contributed by atoms with Crippen molar-refractivity contribution in [3.63, 3.8) is 0 Å². The molecule has 2 aromatic rings. The number of ether oxygens (including phenoxy) is 1. The molecule has 1 amide bonds. The fourth-order valence-electron chi connectivity index (χ4n) is 2.97. The van der Waals surface area contributed by atoms with E-state index < -0.39 is 5.41 Å². The number of amides is 1. The summed E-state index contributed by atoms with van der Waals surface area (Å²) in [6, 6.07) is 3.74. The van der Waals surface area contributed by atoms with E-state index in [-0.39, 0.29) is 18.1 Å². The molecule has 0 spiro atoms. The van der Waals surface area contributed by atoms with Gasteiger partial charge in [-0.05, 0) is 32.2 Å². The van der Waals surface area contributed by atoms with Gasteiger partial charge >= 0.3 is 0 Å². The van der Waals surface area contributed by atoms with Crippen molar-refractivity contribution in [1.82, 2.24) is 15.0 Å². The smallest absolute Gasteiger partial charge is 0.249 e. The molecule has 1 aliphatic rings. The maximum atomic E-state index is 13.2. The van der Waals surface area contributed by atoms with E-state index in [0.717, 1.165) is 4.88 Å². The van der Waals surface area contributed by atoms with Gasteiger partial charge in [-0.15, -0.1) is 11.3 Å². The van der Waals surface area contributed by atoms with Crippen molar-refractivity contribution in [2.45, 2.75) is 44.8 Å². The summed E-state index contributed by atoms with van der Waals surface area (Å²) in [7, 11) is 1.67. The van der Waals surface area contributed by atoms with Gasteiger partial charge in [0.15, 0.2) is 5.82 Å². The van der Waals surface area contributed by atoms with Crippen LogP contribution in [0.4, 0.5) is 0 Å². The van der Waals surface area contributed by atoms with Crippen LogP contribution in [0.5, 0.6) is 0 Å². The lowest BCUT2D eigenvalue weighted by atomic mass is 9.89. The molecule has 2 atom stereocenters. The van der Waals surface area contributed by atoms with Crippen LogP contribution in [0.25, 0.3) is 0 Å². The summed E-state index contributed by atoms with van der Waals surface area (Å²) in [6.45, 7) is 6.22. The lowest BCUT2D eigenvalue weighted by molar-refractivity contribution is -0.138. The zero-order chi connectivity index (χ0) is 16.6. The van der Waals surface area contributed by atoms with Gasteiger partial charge in [-0.1, -0.05) is 11.2 Å². The van der Waals surface area contributed by atoms with Gasteiger partial charge in [0.05, 0.1) is 11.5 Å². The van der Waals surface area contributed by atoms with E-state index in [9.17, 15) is 4.79 Å². The molecular weight excluding hydrogens is 314 g/mol. The molecule has 23 heavy (non-hydrogen) atoms. The van der Waals surface area contributed by atoms with Gasteiger partial charge in [-0.2, -0.15) is 4.98 Å². The molecule has 7 heteroatoms. The Kier molecular flexibility index (Phi) is 4.25. The summed E-state index contributed by atoms with van der Waals surface area (Å²) in [5, 5.41) is 5.85. The van der Waals surface area contributed by atoms with E-state index in [4.69, 9.17) is 9.26 Å². The van der Waals surface area contributed by atoms with Crippen molar-refractivity contribution >= 4 is 17.2 Å². The molecule has 3 heterocycles. The number of aryl methyl sites for hydroxylation is 1. The maximum Gasteiger partial charge on any atom is 0.249 e. The van der Waals surface area contributed by atoms with Crippen LogP contribution in [0.2, 0.25) is 0 Å². The Morgan fingerprint density at radius 3 is 2.87 bits per heavy atom. The number of likely N-dealkylation sites (tertiary alicyclic amines) is 1. The first kappa shape index (κ1) is 16.1. The van der Waals surface area contributed by atoms with E-state index >= 15 is 0 Å². The number of hydrogen-bond acceptors (Lipinski definition) is 6. The highest BCUT2D eigenvalue weighted by molar-refractivity contribution is 7.10. The molecule has 0 N–H and O–H groups in total. The topological polar surface area (TPSA) is 68.5 Å². The van der Waals surface area contributed by atoms with Crippen molar-refractivity contribution in [1.29, 1.82) is 0 Å². The number of rotatable bonds is 4. The number of thiophene rings is 1. The average Bonchev–Trinajstić information content (AvgIpc) is 3.25. The molecule has 0 aromatic carbocycles. The predicted octanol–water partition coefficient (Wildman–Crippen LogP) is 2.71. The maximum absolute atomic E-state index is 13.2. The molecule has 1 aliphatic heterocycles. The Morgan fingerprint density at radius 2 is 2.30 bits per heavy atom. The first-order valence-electron chi connectivity index (χ1n) is 7.61. The van der Waals surface area contributed by atoms with Crippen molar-refractivity contribution in [3.8, 4) is 0 Å². The normalized spacial score (nSPS) is 21.8. The summed E-state index contributed by atoms with van der Waals surface area (Å²) in [5.74, 6) is 1.11. The molecule has 3 rings (SSSR count). The second kappa shape index (κ2) is 6.05. The van der Waals surface area contributed by atoms with Crippen LogP contribution in [-0.2, 0) is 14.9 Å². The molecule has 6 nitrogen and oxygen atoms in total. The zero-order valence-corrected chi connectivity index (χ0v) is 14.6. The number of carbonyl (C=O) groups is 1. The van der Waals surface area contributed by atoms with Crippen LogP contribution in [0.15, 0.2) is 22.0 Å². The van der Waals surface area contributed by atoms with Crippen LogP contribution in [-0.4, -0.2) is 40.7 Å². The number of hydrogen-bond donors (Lipinski definition) is 0. The number of nitrogens with zero attached hydrogens (tertiary/aromatic N) is 3. The van der Waals surface area contributed by atoms with E-state index in [0.29, 0.717) is 24.7 Å². The van der Waals surface area contributed by atoms with Gasteiger partial charge in [-0.3, -0.25) is 4.79 Å². The molecular formula is C16H21N3O3S. The van der Waals surface area contributed by atoms with Gasteiger partial charge < -0.3 is 14.2 Å². The minimum atomic E-state index is -0.593. The van der Waals surface area contributed by atoms with Crippen molar-refractivity contribution in [2.24, 2.45) is 0 Å². The molecule has 0 unspecified atom stereocenters. The van der Waals surface area contributed by atoms with Crippen molar-refractivity contribution in [2.75, 3.05) is 13.7 Å². The predicted molar refractivity (Wildman–Crippen MR) is 86.2 cm³/mol. The Bertz CT molecular complexity index is 681. The fraction of sp³-hybridized carbons (Fsp3) is 0.562. The van der Waals surface area contributed by atoms with Crippen molar-refractivity contribution < 1.29 is 14.1 Å². The van der Waals surface area contributed by atoms with Gasteiger partial charge in [-0.25, -0.2) is 0 Å². The van der Waals surface area contributed by atoms with E-state index in [1.165, 1.54) is 0 Å². The second-order valence-electron chi connectivity index (χ2n) is 6.35. The van der Waals surface area contributed by atoms with E-state index in [1.54, 1.807) is 25.4 Å². The van der Waals surface area contributed by atoms with Crippen LogP contribution >= 0.6 is 11.3 Å². The molecule has 2 aromatic heterocycles. The van der Waals surface area contributed by atoms with Gasteiger partial charge in [0.1, 0.15) is 6.04 Å². The third-order valence-electron chi connectivity index (χ3n) is 4.36. The highest BCUT2D eigenvalue weighted by atomic mass is 32.1. The van der Waals surface area contributed by atoms with E-state index in [2.05, 4.69) is 10.1 Å². The van der Waals surface area contributed by atoms with Crippen LogP contribution in [0, 0.1) is 6.92 Å². The molecule has 1 fully saturated rings. The fourth-order valence-corrected chi connectivity index (χ4v) is 3.82. The molecule has 0 aliphatic carbocycles. The summed E-state index contributed by atoms with van der Waals surface area (Å²) in [6.07, 6.45) is 0.653. The Balaban J connectivity index is 1.90. The van der Waals surface area contributed by atoms with Crippen LogP contribution < -0.4 is 0 Å². The summed E-state index contributed by atoms with van der Waals surface area (Å²) in [5.41, 5.74) is -0.593. The number of aromatic nitrogens is 2. The summed E-state index contributed by atoms with van der Waals surface area (Å²) in [4.78, 5) is 20.4. The number of carbonyl (C=O) groups excluding carboxylic acids is 1. The average molecular weight is 335 g/mol. The monoisotopic (exact) mass is 335 g/mol. The van der Waals surface area contributed by atoms with Crippen molar-refractivity contribution in [3.05, 3.63) is 34.1 Å². The lowest BCUT2D eigenvalue weighted by Crippen LogP contribution is -2.43. The second-order valence-corrected chi connectivity index (χ2v) is 7.30. The Hall–Kier alpha value is -1.73. The highest BCUT2D eigenvalue weighted by Crippen LogP contribution is 2.38. The standard InChI is InChI=1S/C16H21N3O3S/c1-10-17-14(22-18-10)12-8-11(21-4)9-19(12)15(20)16(2,3)13-6-5-7-23-13/h5-7,11-12H,8-9H2,1-4H3/t11-,12-/m1/s1. The summed E-state index contributed by atoms with van der Waals surface area (Å²) < 4.78 is 10.8. The number of methoxy groups -OCH3 is 1. The van der Waals surface area contributed by atoms with Crippen LogP contribution in [0.3, 0.4) is 0 Å². The molecule has 1 saturated heterocycles. The van der Waals surface area contributed by atoms with Gasteiger partial charge in [0.2, 0.25) is 11.8 Å². The third kappa shape index (κ3) is 2.90. The Morgan fingerprint density at radius 1 is 1.52 bits per heavy atom. The largest absolute Gasteiger partial charge is 0.380 e. The zero-order valence-electron chi connectivity index (χ0n) is 13.8. The first-order valence-corrected chi connectivity index (χ1v) is 8.49. The summed E-state index contributed by atoms with van der Waals surface area (Å²) >= 11 is 1.59. The first-order chi connectivity index (χ1) is 10.9. The molecule has 124 valence electrons. The SMILES string of the molecule is CO[C@@H]1C[C@H](c2nc(C)no2)N(C(=O)C(C)(C)c2cccs2)C1. The quantitative estimate of drug-likeness (QED) is 0.859. The third-order valence-corrected chi connectivity index (χ3v) is 5.55. The van der Waals surface area contributed by atoms with E-state index in [1.807, 2.05) is 36.3 Å². The van der Waals surface area contributed by atoms with Gasteiger partial charge in [0, 0.05) is 25.0 Å². The minimum Gasteiger partial charge on any atom is -0.380 e. The Labute approximate surface area is 139 Å². The van der Waals surface area contributed by atoms with Crippen LogP contribution in [0.1, 0.15) is 42.9 Å². The minimum absolute atomic E-state index is 0.0182. The molecule has 0 bridgehead atoms. The molecule has 0 radical (unpaired) electrons. The molecule has 0 saturated carbocycles.